The van der Waals surface area contributed by atoms with Crippen molar-refractivity contribution in [1.82, 2.24) is 24.6 Å². The van der Waals surface area contributed by atoms with Gasteiger partial charge in [0.2, 0.25) is 11.9 Å². The summed E-state index contributed by atoms with van der Waals surface area (Å²) in [6, 6.07) is 5.90. The quantitative estimate of drug-likeness (QED) is 0.354. The molecule has 33 heavy (non-hydrogen) atoms. The van der Waals surface area contributed by atoms with Gasteiger partial charge in [0, 0.05) is 35.8 Å². The third-order valence-corrected chi connectivity index (χ3v) is 7.23. The van der Waals surface area contributed by atoms with Crippen LogP contribution in [0.1, 0.15) is 31.9 Å². The number of nitrogens with one attached hydrogen (secondary N) is 1. The number of aromatic nitrogens is 4. The van der Waals surface area contributed by atoms with Gasteiger partial charge in [-0.15, -0.1) is 21.5 Å². The van der Waals surface area contributed by atoms with Crippen LogP contribution in [0.2, 0.25) is 0 Å². The monoisotopic (exact) mass is 488 g/mol. The standard InChI is InChI=1S/C22H28N6O3S2/c1-14-13-32-21(23-14)20-24-25-22(26-33-12-11-27-15(2)7-5-10-18(27)29)28(20)19-16(30-3)8-6-9-17(19)31-4/h6,8-9,13,15H,5,7,10-12H2,1-4H3,(H,25,26). The molecule has 3 aromatic rings. The Bertz CT molecular complexity index is 1090. The number of para-hydroxylation sites is 1. The van der Waals surface area contributed by atoms with Crippen molar-refractivity contribution in [3.05, 3.63) is 29.3 Å². The molecule has 3 heterocycles. The van der Waals surface area contributed by atoms with E-state index in [-0.39, 0.29) is 11.9 Å². The minimum atomic E-state index is 0.234. The third-order valence-electron chi connectivity index (χ3n) is 5.56. The third kappa shape index (κ3) is 4.93. The van der Waals surface area contributed by atoms with E-state index in [0.717, 1.165) is 29.3 Å². The van der Waals surface area contributed by atoms with Crippen LogP contribution >= 0.6 is 23.3 Å². The lowest BCUT2D eigenvalue weighted by Crippen LogP contribution is -2.43. The van der Waals surface area contributed by atoms with Gasteiger partial charge in [-0.2, -0.15) is 0 Å². The second-order valence-electron chi connectivity index (χ2n) is 7.77. The van der Waals surface area contributed by atoms with Gasteiger partial charge in [0.05, 0.1) is 14.2 Å². The first-order valence-corrected chi connectivity index (χ1v) is 12.7. The number of amides is 1. The van der Waals surface area contributed by atoms with Crippen LogP contribution in [0.3, 0.4) is 0 Å². The van der Waals surface area contributed by atoms with Crippen LogP contribution in [0.4, 0.5) is 5.95 Å². The van der Waals surface area contributed by atoms with Gasteiger partial charge in [-0.1, -0.05) is 6.07 Å². The van der Waals surface area contributed by atoms with E-state index < -0.39 is 0 Å². The maximum absolute atomic E-state index is 12.2. The van der Waals surface area contributed by atoms with Gasteiger partial charge in [0.1, 0.15) is 17.2 Å². The Morgan fingerprint density at radius 3 is 2.64 bits per heavy atom. The van der Waals surface area contributed by atoms with Crippen molar-refractivity contribution in [3.8, 4) is 28.0 Å². The summed E-state index contributed by atoms with van der Waals surface area (Å²) in [5.41, 5.74) is 1.61. The molecular formula is C22H28N6O3S2. The van der Waals surface area contributed by atoms with Crippen LogP contribution < -0.4 is 14.2 Å². The van der Waals surface area contributed by atoms with Crippen LogP contribution in [0.15, 0.2) is 23.6 Å². The molecule has 0 aliphatic carbocycles. The lowest BCUT2D eigenvalue weighted by Gasteiger charge is -2.33. The van der Waals surface area contributed by atoms with Crippen LogP contribution in [0, 0.1) is 6.92 Å². The van der Waals surface area contributed by atoms with Crippen molar-refractivity contribution < 1.29 is 14.3 Å². The molecule has 4 rings (SSSR count). The largest absolute Gasteiger partial charge is 0.494 e. The summed E-state index contributed by atoms with van der Waals surface area (Å²) in [4.78, 5) is 18.8. The van der Waals surface area contributed by atoms with E-state index in [1.54, 1.807) is 14.2 Å². The van der Waals surface area contributed by atoms with Gasteiger partial charge < -0.3 is 14.4 Å². The van der Waals surface area contributed by atoms with E-state index >= 15 is 0 Å². The number of carbonyl (C=O) groups is 1. The predicted octanol–water partition coefficient (Wildman–Crippen LogP) is 4.18. The molecule has 176 valence electrons. The molecule has 1 amide bonds. The number of rotatable bonds is 9. The van der Waals surface area contributed by atoms with E-state index in [2.05, 4.69) is 26.8 Å². The summed E-state index contributed by atoms with van der Waals surface area (Å²) in [7, 11) is 3.24. The number of methoxy groups -OCH3 is 2. The highest BCUT2D eigenvalue weighted by molar-refractivity contribution is 8.00. The Kier molecular flexibility index (Phi) is 7.39. The number of carbonyl (C=O) groups excluding carboxylic acids is 1. The number of ether oxygens (including phenoxy) is 2. The lowest BCUT2D eigenvalue weighted by molar-refractivity contribution is -0.135. The summed E-state index contributed by atoms with van der Waals surface area (Å²) in [5, 5.41) is 11.6. The van der Waals surface area contributed by atoms with E-state index in [1.165, 1.54) is 23.3 Å². The van der Waals surface area contributed by atoms with Gasteiger partial charge in [-0.3, -0.25) is 14.1 Å². The molecule has 9 nitrogen and oxygen atoms in total. The average Bonchev–Trinajstić information content (AvgIpc) is 3.43. The Morgan fingerprint density at radius 2 is 2.00 bits per heavy atom. The Labute approximate surface area is 201 Å². The van der Waals surface area contributed by atoms with Gasteiger partial charge in [-0.25, -0.2) is 4.98 Å². The van der Waals surface area contributed by atoms with Gasteiger partial charge in [-0.05, 0) is 50.8 Å². The number of hydrogen-bond donors (Lipinski definition) is 1. The number of nitrogens with zero attached hydrogens (tertiary/aromatic N) is 5. The van der Waals surface area contributed by atoms with E-state index in [0.29, 0.717) is 41.9 Å². The minimum absolute atomic E-state index is 0.234. The fraction of sp³-hybridized carbons (Fsp3) is 0.455. The minimum Gasteiger partial charge on any atom is -0.494 e. The molecule has 1 fully saturated rings. The highest BCUT2D eigenvalue weighted by Gasteiger charge is 2.25. The first kappa shape index (κ1) is 23.4. The molecule has 1 unspecified atom stereocenters. The molecule has 1 aliphatic heterocycles. The van der Waals surface area contributed by atoms with Gasteiger partial charge in [0.25, 0.3) is 0 Å². The number of benzene rings is 1. The normalized spacial score (nSPS) is 16.2. The van der Waals surface area contributed by atoms with Crippen LogP contribution in [0.25, 0.3) is 16.5 Å². The van der Waals surface area contributed by atoms with Crippen molar-refractivity contribution in [1.29, 1.82) is 0 Å². The second kappa shape index (κ2) is 10.4. The number of aryl methyl sites for hydroxylation is 1. The average molecular weight is 489 g/mol. The van der Waals surface area contributed by atoms with Crippen molar-refractivity contribution >= 4 is 35.1 Å². The molecule has 1 aliphatic rings. The fourth-order valence-corrected chi connectivity index (χ4v) is 5.33. The maximum Gasteiger partial charge on any atom is 0.239 e. The molecule has 1 saturated heterocycles. The lowest BCUT2D eigenvalue weighted by atomic mass is 10.0. The summed E-state index contributed by atoms with van der Waals surface area (Å²) in [6.45, 7) is 4.74. The summed E-state index contributed by atoms with van der Waals surface area (Å²) < 4.78 is 16.5. The first-order chi connectivity index (χ1) is 16.0. The molecular weight excluding hydrogens is 460 g/mol. The number of piperidine rings is 1. The maximum atomic E-state index is 12.2. The molecule has 1 N–H and O–H groups in total. The van der Waals surface area contributed by atoms with Crippen molar-refractivity contribution in [2.24, 2.45) is 0 Å². The van der Waals surface area contributed by atoms with E-state index in [1.807, 2.05) is 40.0 Å². The van der Waals surface area contributed by atoms with Gasteiger partial charge in [0.15, 0.2) is 10.8 Å². The smallest absolute Gasteiger partial charge is 0.239 e. The van der Waals surface area contributed by atoms with Crippen LogP contribution in [-0.4, -0.2) is 63.1 Å². The Hall–Kier alpha value is -2.79. The molecule has 0 saturated carbocycles. The topological polar surface area (TPSA) is 94.4 Å². The highest BCUT2D eigenvalue weighted by Crippen LogP contribution is 2.38. The predicted molar refractivity (Wildman–Crippen MR) is 131 cm³/mol. The van der Waals surface area contributed by atoms with E-state index in [9.17, 15) is 4.79 Å². The van der Waals surface area contributed by atoms with Crippen LogP contribution in [0.5, 0.6) is 11.5 Å². The second-order valence-corrected chi connectivity index (χ2v) is 9.53. The summed E-state index contributed by atoms with van der Waals surface area (Å²) in [6.07, 6.45) is 2.67. The van der Waals surface area contributed by atoms with E-state index in [4.69, 9.17) is 9.47 Å². The highest BCUT2D eigenvalue weighted by atomic mass is 32.2. The zero-order valence-corrected chi connectivity index (χ0v) is 20.8. The number of anilines is 1. The zero-order chi connectivity index (χ0) is 23.4. The van der Waals surface area contributed by atoms with Crippen molar-refractivity contribution in [3.63, 3.8) is 0 Å². The fourth-order valence-electron chi connectivity index (χ4n) is 3.91. The van der Waals surface area contributed by atoms with Crippen LogP contribution in [-0.2, 0) is 4.79 Å². The number of likely N-dealkylation sites (tertiary alicyclic amines) is 1. The summed E-state index contributed by atoms with van der Waals surface area (Å²) in [5.74, 6) is 3.34. The first-order valence-electron chi connectivity index (χ1n) is 10.8. The van der Waals surface area contributed by atoms with Crippen molar-refractivity contribution in [2.75, 3.05) is 31.2 Å². The number of hydrogen-bond acceptors (Lipinski definition) is 9. The zero-order valence-electron chi connectivity index (χ0n) is 19.2. The van der Waals surface area contributed by atoms with Gasteiger partial charge >= 0.3 is 0 Å². The number of thiazole rings is 1. The molecule has 0 radical (unpaired) electrons. The van der Waals surface area contributed by atoms with Crippen molar-refractivity contribution in [2.45, 2.75) is 39.2 Å². The summed E-state index contributed by atoms with van der Waals surface area (Å²) >= 11 is 2.99. The molecule has 1 aromatic carbocycles. The molecule has 1 atom stereocenters. The SMILES string of the molecule is COc1cccc(OC)c1-n1c(NSCCN2C(=O)CCCC2C)nnc1-c1nc(C)cs1. The molecule has 2 aromatic heterocycles. The molecule has 11 heteroatoms. The molecule has 0 bridgehead atoms. The Morgan fingerprint density at radius 1 is 1.24 bits per heavy atom. The molecule has 0 spiro atoms. The Balaban J connectivity index is 1.62.